The van der Waals surface area contributed by atoms with Crippen LogP contribution in [0.25, 0.3) is 0 Å². The van der Waals surface area contributed by atoms with Crippen LogP contribution in [0.3, 0.4) is 0 Å². The smallest absolute Gasteiger partial charge is 0.256 e. The molecule has 108 valence electrons. The minimum atomic E-state index is 0.0593. The molecule has 1 fully saturated rings. The Balaban J connectivity index is 1.79. The number of nitrogen functional groups attached to an aromatic ring is 1. The highest BCUT2D eigenvalue weighted by Crippen LogP contribution is 2.29. The number of benzene rings is 2. The van der Waals surface area contributed by atoms with E-state index in [2.05, 4.69) is 24.3 Å². The van der Waals surface area contributed by atoms with Gasteiger partial charge in [0.05, 0.1) is 5.56 Å². The zero-order valence-corrected chi connectivity index (χ0v) is 12.3. The van der Waals surface area contributed by atoms with Crippen molar-refractivity contribution < 1.29 is 4.79 Å². The van der Waals surface area contributed by atoms with Crippen molar-refractivity contribution in [2.75, 3.05) is 18.8 Å². The second kappa shape index (κ2) is 5.60. The molecular formula is C18H20N2O. The zero-order valence-electron chi connectivity index (χ0n) is 12.3. The third kappa shape index (κ3) is 2.64. The van der Waals surface area contributed by atoms with Gasteiger partial charge in [0.15, 0.2) is 0 Å². The highest BCUT2D eigenvalue weighted by molar-refractivity contribution is 6.00. The fourth-order valence-electron chi connectivity index (χ4n) is 3.08. The third-order valence-corrected chi connectivity index (χ3v) is 4.27. The van der Waals surface area contributed by atoms with E-state index in [0.29, 0.717) is 17.2 Å². The van der Waals surface area contributed by atoms with Gasteiger partial charge in [-0.1, -0.05) is 42.5 Å². The summed E-state index contributed by atoms with van der Waals surface area (Å²) in [5.41, 5.74) is 9.48. The number of amides is 1. The Morgan fingerprint density at radius 2 is 1.90 bits per heavy atom. The molecule has 1 aliphatic rings. The quantitative estimate of drug-likeness (QED) is 0.859. The van der Waals surface area contributed by atoms with Crippen molar-refractivity contribution in [1.29, 1.82) is 0 Å². The summed E-state index contributed by atoms with van der Waals surface area (Å²) in [6.45, 7) is 3.51. The summed E-state index contributed by atoms with van der Waals surface area (Å²) in [6, 6.07) is 16.0. The van der Waals surface area contributed by atoms with Crippen molar-refractivity contribution in [1.82, 2.24) is 4.90 Å². The van der Waals surface area contributed by atoms with Crippen molar-refractivity contribution in [2.24, 2.45) is 0 Å². The Morgan fingerprint density at radius 3 is 2.62 bits per heavy atom. The molecular weight excluding hydrogens is 260 g/mol. The molecule has 3 rings (SSSR count). The molecule has 21 heavy (non-hydrogen) atoms. The normalized spacial score (nSPS) is 18.0. The van der Waals surface area contributed by atoms with Gasteiger partial charge in [-0.2, -0.15) is 0 Å². The van der Waals surface area contributed by atoms with Gasteiger partial charge in [0.1, 0.15) is 0 Å². The second-order valence-electron chi connectivity index (χ2n) is 5.69. The van der Waals surface area contributed by atoms with Crippen LogP contribution in [-0.2, 0) is 0 Å². The van der Waals surface area contributed by atoms with Crippen molar-refractivity contribution in [3.8, 4) is 0 Å². The summed E-state index contributed by atoms with van der Waals surface area (Å²) in [6.07, 6.45) is 1.02. The average Bonchev–Trinajstić information content (AvgIpc) is 2.97. The van der Waals surface area contributed by atoms with Crippen LogP contribution in [0.5, 0.6) is 0 Å². The third-order valence-electron chi connectivity index (χ3n) is 4.27. The lowest BCUT2D eigenvalue weighted by Gasteiger charge is -2.19. The van der Waals surface area contributed by atoms with Gasteiger partial charge in [0.2, 0.25) is 0 Å². The largest absolute Gasteiger partial charge is 0.398 e. The van der Waals surface area contributed by atoms with Crippen LogP contribution >= 0.6 is 0 Å². The summed E-state index contributed by atoms with van der Waals surface area (Å²) in [4.78, 5) is 14.6. The predicted molar refractivity (Wildman–Crippen MR) is 85.3 cm³/mol. The van der Waals surface area contributed by atoms with E-state index in [1.54, 1.807) is 6.07 Å². The summed E-state index contributed by atoms with van der Waals surface area (Å²) < 4.78 is 0. The molecule has 3 heteroatoms. The van der Waals surface area contributed by atoms with Crippen LogP contribution < -0.4 is 5.73 Å². The van der Waals surface area contributed by atoms with Crippen LogP contribution in [0.2, 0.25) is 0 Å². The molecule has 0 saturated carbocycles. The number of carbonyl (C=O) groups is 1. The number of anilines is 1. The molecule has 1 saturated heterocycles. The maximum Gasteiger partial charge on any atom is 0.256 e. The van der Waals surface area contributed by atoms with Crippen molar-refractivity contribution in [3.05, 3.63) is 65.2 Å². The summed E-state index contributed by atoms with van der Waals surface area (Å²) in [7, 11) is 0. The molecule has 2 N–H and O–H groups in total. The van der Waals surface area contributed by atoms with Crippen LogP contribution in [0.15, 0.2) is 48.5 Å². The second-order valence-corrected chi connectivity index (χ2v) is 5.69. The van der Waals surface area contributed by atoms with Crippen molar-refractivity contribution >= 4 is 11.6 Å². The van der Waals surface area contributed by atoms with Gasteiger partial charge in [0.25, 0.3) is 5.91 Å². The molecule has 0 radical (unpaired) electrons. The highest BCUT2D eigenvalue weighted by Gasteiger charge is 2.29. The number of nitrogens with two attached hydrogens (primary N) is 1. The van der Waals surface area contributed by atoms with Crippen LogP contribution in [0.4, 0.5) is 5.69 Å². The van der Waals surface area contributed by atoms with Crippen molar-refractivity contribution in [3.63, 3.8) is 0 Å². The number of likely N-dealkylation sites (tertiary alicyclic amines) is 1. The molecule has 0 aliphatic carbocycles. The van der Waals surface area contributed by atoms with Gasteiger partial charge in [0, 0.05) is 24.7 Å². The summed E-state index contributed by atoms with van der Waals surface area (Å²) in [5.74, 6) is 0.490. The molecule has 1 aliphatic heterocycles. The molecule has 1 atom stereocenters. The van der Waals surface area contributed by atoms with E-state index in [1.807, 2.05) is 30.0 Å². The van der Waals surface area contributed by atoms with E-state index >= 15 is 0 Å². The first-order valence-electron chi connectivity index (χ1n) is 7.36. The van der Waals surface area contributed by atoms with Crippen LogP contribution in [-0.4, -0.2) is 23.9 Å². The Labute approximate surface area is 125 Å². The number of hydrogen-bond acceptors (Lipinski definition) is 2. The number of hydrogen-bond donors (Lipinski definition) is 1. The lowest BCUT2D eigenvalue weighted by molar-refractivity contribution is 0.0791. The molecule has 2 aromatic rings. The number of nitrogens with zero attached hydrogens (tertiary/aromatic N) is 1. The van der Waals surface area contributed by atoms with Gasteiger partial charge in [-0.25, -0.2) is 0 Å². The first-order chi connectivity index (χ1) is 10.2. The Kier molecular flexibility index (Phi) is 3.65. The molecule has 0 aromatic heterocycles. The molecule has 3 nitrogen and oxygen atoms in total. The molecule has 0 bridgehead atoms. The minimum absolute atomic E-state index is 0.0593. The average molecular weight is 280 g/mol. The van der Waals surface area contributed by atoms with Crippen molar-refractivity contribution in [2.45, 2.75) is 19.3 Å². The molecule has 0 spiro atoms. The Hall–Kier alpha value is -2.29. The first kappa shape index (κ1) is 13.7. The lowest BCUT2D eigenvalue weighted by atomic mass is 9.99. The maximum atomic E-state index is 12.7. The number of aryl methyl sites for hydroxylation is 1. The Bertz CT molecular complexity index is 631. The van der Waals surface area contributed by atoms with Gasteiger partial charge in [-0.15, -0.1) is 0 Å². The number of rotatable bonds is 2. The number of carbonyl (C=O) groups excluding carboxylic acids is 1. The van der Waals surface area contributed by atoms with Gasteiger partial charge < -0.3 is 10.6 Å². The van der Waals surface area contributed by atoms with Gasteiger partial charge in [-0.3, -0.25) is 4.79 Å². The first-order valence-corrected chi connectivity index (χ1v) is 7.36. The van der Waals surface area contributed by atoms with E-state index in [-0.39, 0.29) is 5.91 Å². The molecule has 1 heterocycles. The van der Waals surface area contributed by atoms with Gasteiger partial charge in [-0.05, 0) is 30.5 Å². The molecule has 1 unspecified atom stereocenters. The monoisotopic (exact) mass is 280 g/mol. The minimum Gasteiger partial charge on any atom is -0.398 e. The zero-order chi connectivity index (χ0) is 14.8. The van der Waals surface area contributed by atoms with E-state index in [9.17, 15) is 4.79 Å². The molecule has 1 amide bonds. The predicted octanol–water partition coefficient (Wildman–Crippen LogP) is 3.21. The summed E-state index contributed by atoms with van der Waals surface area (Å²) in [5, 5.41) is 0. The fraction of sp³-hybridized carbons (Fsp3) is 0.278. The van der Waals surface area contributed by atoms with E-state index in [1.165, 1.54) is 5.56 Å². The summed E-state index contributed by atoms with van der Waals surface area (Å²) >= 11 is 0. The topological polar surface area (TPSA) is 46.3 Å². The van der Waals surface area contributed by atoms with Crippen LogP contribution in [0.1, 0.15) is 33.8 Å². The standard InChI is InChI=1S/C18H20N2O/c1-13-6-5-9-16(19)17(13)18(21)20-11-10-15(12-20)14-7-3-2-4-8-14/h2-9,15H,10-12,19H2,1H3. The maximum absolute atomic E-state index is 12.7. The fourth-order valence-corrected chi connectivity index (χ4v) is 3.08. The molecule has 2 aromatic carbocycles. The van der Waals surface area contributed by atoms with E-state index < -0.39 is 0 Å². The van der Waals surface area contributed by atoms with E-state index in [0.717, 1.165) is 25.1 Å². The lowest BCUT2D eigenvalue weighted by Crippen LogP contribution is -2.29. The highest BCUT2D eigenvalue weighted by atomic mass is 16.2. The van der Waals surface area contributed by atoms with Gasteiger partial charge >= 0.3 is 0 Å². The van der Waals surface area contributed by atoms with E-state index in [4.69, 9.17) is 5.73 Å². The van der Waals surface area contributed by atoms with Crippen LogP contribution in [0, 0.1) is 6.92 Å². The Morgan fingerprint density at radius 1 is 1.14 bits per heavy atom. The SMILES string of the molecule is Cc1cccc(N)c1C(=O)N1CCC(c2ccccc2)C1.